The number of pyridine rings is 1. The van der Waals surface area contributed by atoms with Crippen LogP contribution in [0.25, 0.3) is 32.4 Å². The van der Waals surface area contributed by atoms with Crippen LogP contribution in [0.15, 0.2) is 103 Å². The molecule has 0 aliphatic carbocycles. The first kappa shape index (κ1) is 26.9. The molecule has 208 valence electrons. The van der Waals surface area contributed by atoms with Gasteiger partial charge in [-0.05, 0) is 60.2 Å². The van der Waals surface area contributed by atoms with Crippen molar-refractivity contribution < 1.29 is 19.4 Å². The van der Waals surface area contributed by atoms with Crippen LogP contribution in [0.4, 0.5) is 5.13 Å². The van der Waals surface area contributed by atoms with Crippen LogP contribution >= 0.6 is 11.3 Å². The molecule has 8 nitrogen and oxygen atoms in total. The number of para-hydroxylation sites is 1. The molecule has 3 N–H and O–H groups in total. The van der Waals surface area contributed by atoms with Crippen molar-refractivity contribution in [3.8, 4) is 22.8 Å². The van der Waals surface area contributed by atoms with Gasteiger partial charge in [0.15, 0.2) is 5.13 Å². The van der Waals surface area contributed by atoms with Crippen molar-refractivity contribution in [3.63, 3.8) is 0 Å². The molecule has 0 fully saturated rings. The van der Waals surface area contributed by atoms with Gasteiger partial charge in [0.1, 0.15) is 17.5 Å². The molecule has 2 amide bonds. The van der Waals surface area contributed by atoms with E-state index in [0.29, 0.717) is 33.0 Å². The van der Waals surface area contributed by atoms with Crippen LogP contribution in [0, 0.1) is 0 Å². The van der Waals surface area contributed by atoms with Crippen molar-refractivity contribution in [2.45, 2.75) is 12.5 Å². The molecule has 9 heteroatoms. The summed E-state index contributed by atoms with van der Waals surface area (Å²) in [5.74, 6) is 0.0584. The average molecular weight is 575 g/mol. The number of aromatic hydroxyl groups is 1. The maximum Gasteiger partial charge on any atom is 0.252 e. The summed E-state index contributed by atoms with van der Waals surface area (Å²) in [5.41, 5.74) is 4.00. The minimum atomic E-state index is -0.884. The van der Waals surface area contributed by atoms with Gasteiger partial charge in [0, 0.05) is 17.4 Å². The number of rotatable bonds is 8. The van der Waals surface area contributed by atoms with Gasteiger partial charge in [-0.15, -0.1) is 0 Å². The maximum atomic E-state index is 13.9. The van der Waals surface area contributed by atoms with Crippen LogP contribution < -0.4 is 15.4 Å². The third-order valence-electron chi connectivity index (χ3n) is 6.85. The highest BCUT2D eigenvalue weighted by Gasteiger charge is 2.25. The lowest BCUT2D eigenvalue weighted by Gasteiger charge is -2.19. The van der Waals surface area contributed by atoms with E-state index in [1.54, 1.807) is 37.4 Å². The lowest BCUT2D eigenvalue weighted by atomic mass is 10.0. The van der Waals surface area contributed by atoms with E-state index in [0.717, 1.165) is 21.3 Å². The molecule has 0 saturated heterocycles. The Balaban J connectivity index is 1.32. The van der Waals surface area contributed by atoms with Crippen molar-refractivity contribution in [1.29, 1.82) is 0 Å². The highest BCUT2D eigenvalue weighted by atomic mass is 32.1. The zero-order valence-electron chi connectivity index (χ0n) is 22.6. The lowest BCUT2D eigenvalue weighted by Crippen LogP contribution is -2.45. The Morgan fingerprint density at radius 2 is 1.64 bits per heavy atom. The van der Waals surface area contributed by atoms with E-state index < -0.39 is 11.9 Å². The largest absolute Gasteiger partial charge is 0.508 e. The highest BCUT2D eigenvalue weighted by Crippen LogP contribution is 2.30. The molecule has 2 heterocycles. The minimum Gasteiger partial charge on any atom is -0.508 e. The topological polar surface area (TPSA) is 113 Å². The number of hydrogen-bond acceptors (Lipinski definition) is 7. The summed E-state index contributed by atoms with van der Waals surface area (Å²) in [6.07, 6.45) is 0.283. The van der Waals surface area contributed by atoms with E-state index in [1.165, 1.54) is 11.3 Å². The number of nitrogens with zero attached hydrogens (tertiary/aromatic N) is 2. The number of carbonyl (C=O) groups excluding carboxylic acids is 2. The van der Waals surface area contributed by atoms with Gasteiger partial charge in [-0.2, -0.15) is 0 Å². The van der Waals surface area contributed by atoms with Gasteiger partial charge in [-0.1, -0.05) is 59.9 Å². The Morgan fingerprint density at radius 1 is 0.881 bits per heavy atom. The number of amides is 2. The molecule has 0 aliphatic rings. The number of phenolic OH excluding ortho intramolecular Hbond substituents is 1. The van der Waals surface area contributed by atoms with Gasteiger partial charge >= 0.3 is 0 Å². The molecule has 0 spiro atoms. The number of hydrogen-bond donors (Lipinski definition) is 3. The Bertz CT molecular complexity index is 1910. The van der Waals surface area contributed by atoms with Gasteiger partial charge < -0.3 is 20.5 Å². The normalized spacial score (nSPS) is 11.7. The van der Waals surface area contributed by atoms with Crippen molar-refractivity contribution in [3.05, 3.63) is 114 Å². The molecule has 1 atom stereocenters. The molecule has 0 radical (unpaired) electrons. The predicted molar refractivity (Wildman–Crippen MR) is 165 cm³/mol. The Morgan fingerprint density at radius 3 is 2.43 bits per heavy atom. The summed E-state index contributed by atoms with van der Waals surface area (Å²) < 4.78 is 6.18. The van der Waals surface area contributed by atoms with Crippen LogP contribution in [0.5, 0.6) is 11.5 Å². The highest BCUT2D eigenvalue weighted by molar-refractivity contribution is 7.22. The second-order valence-corrected chi connectivity index (χ2v) is 10.7. The SMILES string of the molecule is COc1ccc2nc(NC(=O)C(Cc3ccccc3)NC(=O)c3cc(-c4ccc(O)cc4)nc4ccccc34)sc2c1. The first-order chi connectivity index (χ1) is 20.5. The molecule has 42 heavy (non-hydrogen) atoms. The van der Waals surface area contributed by atoms with Gasteiger partial charge in [-0.25, -0.2) is 9.97 Å². The summed E-state index contributed by atoms with van der Waals surface area (Å²) in [6, 6.07) is 29.9. The number of methoxy groups -OCH3 is 1. The monoisotopic (exact) mass is 574 g/mol. The minimum absolute atomic E-state index is 0.138. The van der Waals surface area contributed by atoms with Crippen LogP contribution in [0.3, 0.4) is 0 Å². The Labute approximate surface area is 245 Å². The molecule has 4 aromatic carbocycles. The smallest absolute Gasteiger partial charge is 0.252 e. The number of aromatic nitrogens is 2. The quantitative estimate of drug-likeness (QED) is 0.199. The van der Waals surface area contributed by atoms with Crippen LogP contribution in [0.2, 0.25) is 0 Å². The number of anilines is 1. The number of carbonyl (C=O) groups is 2. The van der Waals surface area contributed by atoms with Gasteiger partial charge in [-0.3, -0.25) is 9.59 Å². The summed E-state index contributed by atoms with van der Waals surface area (Å²) in [4.78, 5) is 36.8. The average Bonchev–Trinajstić information content (AvgIpc) is 3.42. The van der Waals surface area contributed by atoms with Crippen molar-refractivity contribution in [1.82, 2.24) is 15.3 Å². The molecule has 0 saturated carbocycles. The van der Waals surface area contributed by atoms with Crippen LogP contribution in [0.1, 0.15) is 15.9 Å². The number of phenols is 1. The molecule has 2 aromatic heterocycles. The molecular formula is C33H26N4O4S. The summed E-state index contributed by atoms with van der Waals surface area (Å²) in [6.45, 7) is 0. The van der Waals surface area contributed by atoms with Gasteiger partial charge in [0.05, 0.1) is 34.1 Å². The van der Waals surface area contributed by atoms with E-state index in [2.05, 4.69) is 15.6 Å². The second kappa shape index (κ2) is 11.7. The van der Waals surface area contributed by atoms with Crippen molar-refractivity contribution in [2.24, 2.45) is 0 Å². The molecular weight excluding hydrogens is 548 g/mol. The number of thiazole rings is 1. The van der Waals surface area contributed by atoms with Gasteiger partial charge in [0.25, 0.3) is 5.91 Å². The second-order valence-electron chi connectivity index (χ2n) is 9.68. The van der Waals surface area contributed by atoms with E-state index in [4.69, 9.17) is 9.72 Å². The number of ether oxygens (including phenoxy) is 1. The van der Waals surface area contributed by atoms with Crippen LogP contribution in [-0.4, -0.2) is 40.0 Å². The van der Waals surface area contributed by atoms with E-state index >= 15 is 0 Å². The fourth-order valence-corrected chi connectivity index (χ4v) is 5.61. The Hall–Kier alpha value is -5.28. The number of benzene rings is 4. The first-order valence-electron chi connectivity index (χ1n) is 13.3. The third kappa shape index (κ3) is 5.77. The van der Waals surface area contributed by atoms with E-state index in [-0.39, 0.29) is 18.1 Å². The standard InChI is InChI=1S/C33H26N4O4S/c1-41-23-15-16-27-30(18-23)42-33(36-27)37-32(40)29(17-20-7-3-2-4-8-20)35-31(39)25-19-28(21-11-13-22(38)14-12-21)34-26-10-6-5-9-24(25)26/h2-16,18-19,29,38H,17H2,1H3,(H,35,39)(H,36,37,40). The maximum absolute atomic E-state index is 13.9. The summed E-state index contributed by atoms with van der Waals surface area (Å²) >= 11 is 1.33. The molecule has 0 bridgehead atoms. The first-order valence-corrected chi connectivity index (χ1v) is 14.1. The fraction of sp³-hybridized carbons (Fsp3) is 0.0909. The van der Waals surface area contributed by atoms with Crippen LogP contribution in [-0.2, 0) is 11.2 Å². The van der Waals surface area contributed by atoms with E-state index in [1.807, 2.05) is 72.8 Å². The molecule has 6 aromatic rings. The summed E-state index contributed by atoms with van der Waals surface area (Å²) in [7, 11) is 1.60. The number of nitrogens with one attached hydrogen (secondary N) is 2. The Kier molecular flexibility index (Phi) is 7.49. The molecule has 0 aliphatic heterocycles. The molecule has 6 rings (SSSR count). The molecule has 1 unspecified atom stereocenters. The van der Waals surface area contributed by atoms with Crippen molar-refractivity contribution >= 4 is 49.4 Å². The zero-order chi connectivity index (χ0) is 29.1. The van der Waals surface area contributed by atoms with E-state index in [9.17, 15) is 14.7 Å². The lowest BCUT2D eigenvalue weighted by molar-refractivity contribution is -0.118. The van der Waals surface area contributed by atoms with Gasteiger partial charge in [0.2, 0.25) is 5.91 Å². The fourth-order valence-electron chi connectivity index (χ4n) is 4.72. The number of fused-ring (bicyclic) bond motifs is 2. The predicted octanol–water partition coefficient (Wildman–Crippen LogP) is 6.21. The zero-order valence-corrected chi connectivity index (χ0v) is 23.4. The summed E-state index contributed by atoms with van der Waals surface area (Å²) in [5, 5.41) is 16.7. The van der Waals surface area contributed by atoms with Crippen molar-refractivity contribution in [2.75, 3.05) is 12.4 Å². The third-order valence-corrected chi connectivity index (χ3v) is 7.79.